The van der Waals surface area contributed by atoms with E-state index >= 15 is 0 Å². The van der Waals surface area contributed by atoms with E-state index in [0.717, 1.165) is 0 Å². The molecule has 0 saturated heterocycles. The summed E-state index contributed by atoms with van der Waals surface area (Å²) in [4.78, 5) is 1.46. The molecule has 0 bridgehead atoms. The largest absolute Gasteiger partial charge is 0.310 e. The van der Waals surface area contributed by atoms with Gasteiger partial charge in [0.05, 0.1) is 5.52 Å². The van der Waals surface area contributed by atoms with Crippen molar-refractivity contribution < 1.29 is 0 Å². The quantitative estimate of drug-likeness (QED) is 0.331. The second-order valence-corrected chi connectivity index (χ2v) is 9.16. The number of rotatable bonds is 0. The summed E-state index contributed by atoms with van der Waals surface area (Å²) in [5.74, 6) is 0. The summed E-state index contributed by atoms with van der Waals surface area (Å²) in [7, 11) is 0. The fourth-order valence-electron chi connectivity index (χ4n) is 5.77. The average molecular weight is 383 g/mol. The van der Waals surface area contributed by atoms with Crippen molar-refractivity contribution in [2.75, 3.05) is 0 Å². The normalized spacial score (nSPS) is 13.4. The Morgan fingerprint density at radius 3 is 2.41 bits per heavy atom. The lowest BCUT2D eigenvalue weighted by Gasteiger charge is -2.24. The van der Waals surface area contributed by atoms with E-state index < -0.39 is 0 Å². The van der Waals surface area contributed by atoms with E-state index in [1.54, 1.807) is 0 Å². The van der Waals surface area contributed by atoms with Gasteiger partial charge >= 0.3 is 0 Å². The van der Waals surface area contributed by atoms with E-state index in [2.05, 4.69) is 89.5 Å². The Hall–Kier alpha value is -3.30. The van der Waals surface area contributed by atoms with Crippen molar-refractivity contribution in [2.24, 2.45) is 0 Å². The molecule has 0 N–H and O–H groups in total. The van der Waals surface area contributed by atoms with Gasteiger partial charge in [0.1, 0.15) is 0 Å². The molecule has 6 aromatic rings. The van der Waals surface area contributed by atoms with Crippen molar-refractivity contribution in [3.05, 3.63) is 84.9 Å². The highest BCUT2D eigenvalue weighted by atomic mass is 32.1. The van der Waals surface area contributed by atoms with Crippen LogP contribution in [0.15, 0.2) is 84.9 Å². The van der Waals surface area contributed by atoms with Crippen LogP contribution in [0.4, 0.5) is 0 Å². The predicted octanol–water partition coefficient (Wildman–Crippen LogP) is 4.81. The highest BCUT2D eigenvalue weighted by Gasteiger charge is 2.42. The van der Waals surface area contributed by atoms with Gasteiger partial charge in [0, 0.05) is 31.6 Å². The molecule has 2 aromatic heterocycles. The Bertz CT molecular complexity index is 1670. The lowest BCUT2D eigenvalue weighted by atomic mass is 9.37. The standard InChI is InChI=1S/C26H14BNS/c1-4-10-20-15(7-1)16-13-14-18-23-25(16)28(20)21-11-5-3-9-19(21)27(23)24-17-8-2-6-12-22(17)29-26(18)24/h1-14H. The first-order valence-electron chi connectivity index (χ1n) is 10.1. The molecule has 132 valence electrons. The topological polar surface area (TPSA) is 4.93 Å². The molecule has 2 aliphatic heterocycles. The molecule has 0 radical (unpaired) electrons. The maximum absolute atomic E-state index is 2.51. The van der Waals surface area contributed by atoms with E-state index in [9.17, 15) is 0 Å². The molecule has 0 fully saturated rings. The zero-order chi connectivity index (χ0) is 18.7. The second kappa shape index (κ2) is 4.81. The molecule has 4 aromatic carbocycles. The third kappa shape index (κ3) is 1.55. The molecule has 2 aliphatic rings. The first-order valence-corrected chi connectivity index (χ1v) is 10.9. The molecule has 1 nitrogen and oxygen atoms in total. The minimum Gasteiger partial charge on any atom is -0.310 e. The number of nitrogens with zero attached hydrogens (tertiary/aromatic N) is 1. The number of hydrogen-bond donors (Lipinski definition) is 0. The Labute approximate surface area is 171 Å². The van der Waals surface area contributed by atoms with Gasteiger partial charge in [-0.2, -0.15) is 0 Å². The molecular weight excluding hydrogens is 369 g/mol. The van der Waals surface area contributed by atoms with Crippen LogP contribution in [0.2, 0.25) is 0 Å². The van der Waals surface area contributed by atoms with Gasteiger partial charge in [-0.1, -0.05) is 66.7 Å². The van der Waals surface area contributed by atoms with Crippen molar-refractivity contribution in [1.82, 2.24) is 4.57 Å². The fraction of sp³-hybridized carbons (Fsp3) is 0. The molecule has 0 saturated carbocycles. The number of fused-ring (bicyclic) bond motifs is 11. The van der Waals surface area contributed by atoms with E-state index in [-0.39, 0.29) is 0 Å². The van der Waals surface area contributed by atoms with Crippen molar-refractivity contribution in [1.29, 1.82) is 0 Å². The summed E-state index contributed by atoms with van der Waals surface area (Å²) >= 11 is 1.95. The van der Waals surface area contributed by atoms with Gasteiger partial charge < -0.3 is 4.57 Å². The van der Waals surface area contributed by atoms with E-state index in [1.807, 2.05) is 11.3 Å². The van der Waals surface area contributed by atoms with Crippen molar-refractivity contribution >= 4 is 66.3 Å². The highest BCUT2D eigenvalue weighted by molar-refractivity contribution is 7.27. The van der Waals surface area contributed by atoms with Crippen LogP contribution in [0.25, 0.3) is 48.0 Å². The van der Waals surface area contributed by atoms with Gasteiger partial charge in [0.15, 0.2) is 0 Å². The first kappa shape index (κ1) is 14.7. The smallest absolute Gasteiger partial charge is 0.250 e. The van der Waals surface area contributed by atoms with Gasteiger partial charge in [-0.3, -0.25) is 0 Å². The maximum atomic E-state index is 2.51. The number of thiophene rings is 1. The molecule has 3 heteroatoms. The van der Waals surface area contributed by atoms with Gasteiger partial charge in [-0.05, 0) is 45.5 Å². The molecule has 0 aliphatic carbocycles. The van der Waals surface area contributed by atoms with Gasteiger partial charge in [-0.15, -0.1) is 11.3 Å². The summed E-state index contributed by atoms with van der Waals surface area (Å²) in [6.07, 6.45) is 0. The molecule has 0 spiro atoms. The van der Waals surface area contributed by atoms with Crippen LogP contribution in [-0.4, -0.2) is 11.3 Å². The predicted molar refractivity (Wildman–Crippen MR) is 126 cm³/mol. The average Bonchev–Trinajstić information content (AvgIpc) is 3.41. The molecule has 0 amide bonds. The number of aromatic nitrogens is 1. The highest BCUT2D eigenvalue weighted by Crippen LogP contribution is 2.41. The SMILES string of the molecule is c1ccc2c(c1)B1c3c(sc4ccccc34)-c3ccc4c5ccccc5n-2c4c31. The number of para-hydroxylation sites is 2. The summed E-state index contributed by atoms with van der Waals surface area (Å²) in [6, 6.07) is 31.5. The minimum absolute atomic E-state index is 0.327. The second-order valence-electron chi connectivity index (χ2n) is 8.11. The lowest BCUT2D eigenvalue weighted by Crippen LogP contribution is -2.53. The third-order valence-electron chi connectivity index (χ3n) is 6.82. The Morgan fingerprint density at radius 2 is 1.45 bits per heavy atom. The molecular formula is C26H14BNS. The summed E-state index contributed by atoms with van der Waals surface area (Å²) in [6.45, 7) is 0.327. The summed E-state index contributed by atoms with van der Waals surface area (Å²) in [5.41, 5.74) is 9.91. The molecule has 0 atom stereocenters. The van der Waals surface area contributed by atoms with Gasteiger partial charge in [-0.25, -0.2) is 0 Å². The van der Waals surface area contributed by atoms with E-state index in [0.29, 0.717) is 6.71 Å². The van der Waals surface area contributed by atoms with Crippen molar-refractivity contribution in [3.8, 4) is 16.1 Å². The van der Waals surface area contributed by atoms with Crippen LogP contribution in [0.3, 0.4) is 0 Å². The van der Waals surface area contributed by atoms with E-state index in [4.69, 9.17) is 0 Å². The molecule has 29 heavy (non-hydrogen) atoms. The van der Waals surface area contributed by atoms with E-state index in [1.165, 1.54) is 64.4 Å². The maximum Gasteiger partial charge on any atom is 0.250 e. The summed E-state index contributed by atoms with van der Waals surface area (Å²) < 4.78 is 3.90. The van der Waals surface area contributed by atoms with Crippen LogP contribution in [0, 0.1) is 0 Å². The number of hydrogen-bond acceptors (Lipinski definition) is 1. The summed E-state index contributed by atoms with van der Waals surface area (Å²) in [5, 5.41) is 4.14. The van der Waals surface area contributed by atoms with Crippen molar-refractivity contribution in [2.45, 2.75) is 0 Å². The van der Waals surface area contributed by atoms with Crippen LogP contribution in [0.5, 0.6) is 0 Å². The van der Waals surface area contributed by atoms with Crippen LogP contribution in [-0.2, 0) is 0 Å². The van der Waals surface area contributed by atoms with Crippen LogP contribution >= 0.6 is 11.3 Å². The van der Waals surface area contributed by atoms with Crippen LogP contribution in [0.1, 0.15) is 0 Å². The van der Waals surface area contributed by atoms with Crippen molar-refractivity contribution in [3.63, 3.8) is 0 Å². The molecule has 4 heterocycles. The number of benzene rings is 4. The van der Waals surface area contributed by atoms with Gasteiger partial charge in [0.25, 0.3) is 0 Å². The fourth-order valence-corrected chi connectivity index (χ4v) is 7.05. The minimum atomic E-state index is 0.327. The Kier molecular flexibility index (Phi) is 2.43. The van der Waals surface area contributed by atoms with Gasteiger partial charge in [0.2, 0.25) is 6.71 Å². The Balaban J connectivity index is 1.68. The molecule has 8 rings (SSSR count). The first-order chi connectivity index (χ1) is 14.4. The van der Waals surface area contributed by atoms with Crippen LogP contribution < -0.4 is 16.4 Å². The lowest BCUT2D eigenvalue weighted by molar-refractivity contribution is 1.19. The zero-order valence-corrected chi connectivity index (χ0v) is 16.3. The third-order valence-corrected chi connectivity index (χ3v) is 8.04. The molecule has 0 unspecified atom stereocenters. The Morgan fingerprint density at radius 1 is 0.655 bits per heavy atom. The zero-order valence-electron chi connectivity index (χ0n) is 15.5. The monoisotopic (exact) mass is 383 g/mol.